The number of hydrogen-bond donors (Lipinski definition) is 2. The van der Waals surface area contributed by atoms with Crippen LogP contribution in [0, 0.1) is 12.8 Å². The lowest BCUT2D eigenvalue weighted by Crippen LogP contribution is -2.22. The van der Waals surface area contributed by atoms with E-state index in [-0.39, 0.29) is 11.7 Å². The normalized spacial score (nSPS) is 23.0. The van der Waals surface area contributed by atoms with Crippen molar-refractivity contribution in [3.8, 4) is 0 Å². The molecule has 1 aromatic heterocycles. The van der Waals surface area contributed by atoms with Gasteiger partial charge in [-0.15, -0.1) is 0 Å². The summed E-state index contributed by atoms with van der Waals surface area (Å²) in [5.41, 5.74) is 0.605. The number of anilines is 1. The van der Waals surface area contributed by atoms with E-state index in [9.17, 15) is 4.79 Å². The van der Waals surface area contributed by atoms with Crippen molar-refractivity contribution in [2.75, 3.05) is 18.5 Å². The van der Waals surface area contributed by atoms with E-state index in [4.69, 9.17) is 9.84 Å². The van der Waals surface area contributed by atoms with Gasteiger partial charge in [0.25, 0.3) is 0 Å². The fraction of sp³-hybridized carbons (Fsp3) is 0.583. The molecule has 1 saturated heterocycles. The molecule has 0 amide bonds. The van der Waals surface area contributed by atoms with E-state index in [1.165, 1.54) is 6.20 Å². The van der Waals surface area contributed by atoms with Crippen LogP contribution in [0.2, 0.25) is 0 Å². The summed E-state index contributed by atoms with van der Waals surface area (Å²) in [6, 6.07) is 0. The maximum Gasteiger partial charge on any atom is 0.339 e. The van der Waals surface area contributed by atoms with E-state index in [1.807, 2.05) is 0 Å². The lowest BCUT2D eigenvalue weighted by molar-refractivity contribution is 0.0695. The molecule has 2 atom stereocenters. The molecule has 18 heavy (non-hydrogen) atoms. The highest BCUT2D eigenvalue weighted by atomic mass is 16.5. The number of hydrogen-bond acceptors (Lipinski definition) is 5. The second-order valence-corrected chi connectivity index (χ2v) is 4.50. The highest BCUT2D eigenvalue weighted by Gasteiger charge is 2.24. The quantitative estimate of drug-likeness (QED) is 0.839. The molecule has 2 rings (SSSR count). The summed E-state index contributed by atoms with van der Waals surface area (Å²) in [6.07, 6.45) is 2.61. The second-order valence-electron chi connectivity index (χ2n) is 4.50. The van der Waals surface area contributed by atoms with E-state index in [1.54, 1.807) is 6.92 Å². The van der Waals surface area contributed by atoms with Gasteiger partial charge in [-0.25, -0.2) is 14.8 Å². The fourth-order valence-electron chi connectivity index (χ4n) is 2.03. The molecule has 0 aromatic carbocycles. The molecule has 98 valence electrons. The SMILES string of the molecule is Cc1nc(NCC2CCOC2C)ncc1C(=O)O. The van der Waals surface area contributed by atoms with E-state index in [0.29, 0.717) is 17.6 Å². The lowest BCUT2D eigenvalue weighted by atomic mass is 10.0. The summed E-state index contributed by atoms with van der Waals surface area (Å²) in [6.45, 7) is 5.26. The van der Waals surface area contributed by atoms with Gasteiger partial charge >= 0.3 is 5.97 Å². The van der Waals surface area contributed by atoms with Gasteiger partial charge in [0, 0.05) is 25.3 Å². The molecule has 0 radical (unpaired) electrons. The third-order valence-corrected chi connectivity index (χ3v) is 3.27. The first-order valence-electron chi connectivity index (χ1n) is 6.00. The first-order valence-corrected chi connectivity index (χ1v) is 6.00. The van der Waals surface area contributed by atoms with Gasteiger partial charge in [0.2, 0.25) is 5.95 Å². The zero-order chi connectivity index (χ0) is 13.1. The van der Waals surface area contributed by atoms with E-state index in [0.717, 1.165) is 19.6 Å². The van der Waals surface area contributed by atoms with Gasteiger partial charge in [-0.3, -0.25) is 0 Å². The number of aromatic nitrogens is 2. The van der Waals surface area contributed by atoms with Gasteiger partial charge in [0.1, 0.15) is 0 Å². The minimum Gasteiger partial charge on any atom is -0.478 e. The minimum absolute atomic E-state index is 0.137. The maximum atomic E-state index is 10.8. The number of aromatic carboxylic acids is 1. The van der Waals surface area contributed by atoms with Crippen molar-refractivity contribution in [2.24, 2.45) is 5.92 Å². The lowest BCUT2D eigenvalue weighted by Gasteiger charge is -2.14. The first-order chi connectivity index (χ1) is 8.58. The molecule has 0 aliphatic carbocycles. The van der Waals surface area contributed by atoms with Crippen LogP contribution >= 0.6 is 0 Å². The number of aryl methyl sites for hydroxylation is 1. The number of nitrogens with zero attached hydrogens (tertiary/aromatic N) is 2. The van der Waals surface area contributed by atoms with Crippen LogP contribution in [0.3, 0.4) is 0 Å². The van der Waals surface area contributed by atoms with Crippen LogP contribution in [0.1, 0.15) is 29.4 Å². The van der Waals surface area contributed by atoms with Gasteiger partial charge in [-0.05, 0) is 20.3 Å². The average molecular weight is 251 g/mol. The van der Waals surface area contributed by atoms with Gasteiger partial charge in [0.05, 0.1) is 17.4 Å². The molecule has 0 saturated carbocycles. The zero-order valence-corrected chi connectivity index (χ0v) is 10.5. The van der Waals surface area contributed by atoms with Crippen LogP contribution in [0.15, 0.2) is 6.20 Å². The predicted molar refractivity (Wildman–Crippen MR) is 65.7 cm³/mol. The van der Waals surface area contributed by atoms with Gasteiger partial charge in [-0.2, -0.15) is 0 Å². The Kier molecular flexibility index (Phi) is 3.76. The minimum atomic E-state index is -1.00. The van der Waals surface area contributed by atoms with E-state index in [2.05, 4.69) is 22.2 Å². The number of ether oxygens (including phenoxy) is 1. The number of carboxylic acids is 1. The van der Waals surface area contributed by atoms with Gasteiger partial charge < -0.3 is 15.2 Å². The second kappa shape index (κ2) is 5.30. The number of nitrogens with one attached hydrogen (secondary N) is 1. The summed E-state index contributed by atoms with van der Waals surface area (Å²) in [4.78, 5) is 19.0. The molecule has 1 aliphatic heterocycles. The van der Waals surface area contributed by atoms with Crippen LogP contribution in [0.25, 0.3) is 0 Å². The first kappa shape index (κ1) is 12.8. The molecule has 2 N–H and O–H groups in total. The molecular weight excluding hydrogens is 234 g/mol. The van der Waals surface area contributed by atoms with E-state index >= 15 is 0 Å². The third-order valence-electron chi connectivity index (χ3n) is 3.27. The Bertz CT molecular complexity index is 450. The summed E-state index contributed by atoms with van der Waals surface area (Å²) in [5.74, 6) is -0.0819. The molecule has 1 aromatic rings. The van der Waals surface area contributed by atoms with Gasteiger partial charge in [0.15, 0.2) is 0 Å². The summed E-state index contributed by atoms with van der Waals surface area (Å²) < 4.78 is 5.47. The van der Waals surface area contributed by atoms with Crippen molar-refractivity contribution < 1.29 is 14.6 Å². The number of carbonyl (C=O) groups is 1. The smallest absolute Gasteiger partial charge is 0.339 e. The van der Waals surface area contributed by atoms with Crippen molar-refractivity contribution in [2.45, 2.75) is 26.4 Å². The standard InChI is InChI=1S/C12H17N3O3/c1-7-10(11(16)17)6-14-12(15-7)13-5-9-3-4-18-8(9)2/h6,8-9H,3-5H2,1-2H3,(H,16,17)(H,13,14,15). The Hall–Kier alpha value is -1.69. The molecule has 1 aliphatic rings. The van der Waals surface area contributed by atoms with Crippen LogP contribution in [-0.4, -0.2) is 40.3 Å². The van der Waals surface area contributed by atoms with Crippen molar-refractivity contribution in [3.63, 3.8) is 0 Å². The van der Waals surface area contributed by atoms with Crippen LogP contribution in [0.4, 0.5) is 5.95 Å². The molecule has 0 bridgehead atoms. The molecule has 6 nitrogen and oxygen atoms in total. The van der Waals surface area contributed by atoms with Crippen molar-refractivity contribution in [1.82, 2.24) is 9.97 Å². The number of rotatable bonds is 4. The van der Waals surface area contributed by atoms with Gasteiger partial charge in [-0.1, -0.05) is 0 Å². The molecular formula is C12H17N3O3. The van der Waals surface area contributed by atoms with Crippen molar-refractivity contribution in [1.29, 1.82) is 0 Å². The van der Waals surface area contributed by atoms with E-state index < -0.39 is 5.97 Å². The summed E-state index contributed by atoms with van der Waals surface area (Å²) in [5, 5.41) is 12.0. The van der Waals surface area contributed by atoms with Crippen LogP contribution in [0.5, 0.6) is 0 Å². The highest BCUT2D eigenvalue weighted by molar-refractivity contribution is 5.88. The fourth-order valence-corrected chi connectivity index (χ4v) is 2.03. The van der Waals surface area contributed by atoms with Crippen molar-refractivity contribution >= 4 is 11.9 Å². The third kappa shape index (κ3) is 2.76. The monoisotopic (exact) mass is 251 g/mol. The van der Waals surface area contributed by atoms with Crippen LogP contribution < -0.4 is 5.32 Å². The van der Waals surface area contributed by atoms with Crippen molar-refractivity contribution in [3.05, 3.63) is 17.5 Å². The van der Waals surface area contributed by atoms with Crippen LogP contribution in [-0.2, 0) is 4.74 Å². The average Bonchev–Trinajstić information content (AvgIpc) is 2.72. The Morgan fingerprint density at radius 2 is 2.44 bits per heavy atom. The zero-order valence-electron chi connectivity index (χ0n) is 10.5. The summed E-state index contributed by atoms with van der Waals surface area (Å²) in [7, 11) is 0. The topological polar surface area (TPSA) is 84.3 Å². The Morgan fingerprint density at radius 1 is 1.67 bits per heavy atom. The summed E-state index contributed by atoms with van der Waals surface area (Å²) >= 11 is 0. The Labute approximate surface area is 105 Å². The molecule has 2 heterocycles. The molecule has 6 heteroatoms. The largest absolute Gasteiger partial charge is 0.478 e. The Morgan fingerprint density at radius 3 is 3.00 bits per heavy atom. The molecule has 1 fully saturated rings. The Balaban J connectivity index is 1.98. The molecule has 2 unspecified atom stereocenters. The highest BCUT2D eigenvalue weighted by Crippen LogP contribution is 2.20. The number of carboxylic acid groups (broad SMARTS) is 1. The molecule has 0 spiro atoms. The predicted octanol–water partition coefficient (Wildman–Crippen LogP) is 1.32. The maximum absolute atomic E-state index is 10.8.